The zero-order valence-electron chi connectivity index (χ0n) is 31.0. The predicted octanol–water partition coefficient (Wildman–Crippen LogP) is 7.68. The lowest BCUT2D eigenvalue weighted by atomic mass is 9.61. The van der Waals surface area contributed by atoms with Gasteiger partial charge in [0.05, 0.1) is 17.3 Å². The average molecular weight is 675 g/mol. The number of carbonyl (C=O) groups is 2. The Kier molecular flexibility index (Phi) is 12.8. The first-order chi connectivity index (χ1) is 22.7. The number of epoxide rings is 1. The van der Waals surface area contributed by atoms with E-state index in [0.717, 1.165) is 22.3 Å². The van der Waals surface area contributed by atoms with Crippen LogP contribution in [0.4, 0.5) is 0 Å². The third-order valence-corrected chi connectivity index (χ3v) is 10.3. The van der Waals surface area contributed by atoms with E-state index in [9.17, 15) is 19.8 Å². The Bertz CT molecular complexity index is 1500. The number of carbonyl (C=O) groups excluding carboxylic acids is 2. The average Bonchev–Trinajstić information content (AvgIpc) is 3.58. The Labute approximate surface area is 293 Å². The molecule has 0 amide bonds. The summed E-state index contributed by atoms with van der Waals surface area (Å²) in [6.45, 7) is 21.2. The normalized spacial score (nSPS) is 32.7. The maximum atomic E-state index is 13.1. The minimum atomic E-state index is -1.14. The zero-order valence-corrected chi connectivity index (χ0v) is 31.0. The molecular weight excluding hydrogens is 616 g/mol. The van der Waals surface area contributed by atoms with E-state index in [0.29, 0.717) is 31.3 Å². The van der Waals surface area contributed by atoms with Crippen molar-refractivity contribution in [2.45, 2.75) is 123 Å². The second-order valence-electron chi connectivity index (χ2n) is 15.8. The Morgan fingerprint density at radius 3 is 2.08 bits per heavy atom. The van der Waals surface area contributed by atoms with Crippen molar-refractivity contribution >= 4 is 11.8 Å². The Morgan fingerprint density at radius 1 is 0.857 bits per heavy atom. The lowest BCUT2D eigenvalue weighted by molar-refractivity contribution is -0.158. The molecule has 2 saturated carbocycles. The summed E-state index contributed by atoms with van der Waals surface area (Å²) in [5, 5.41) is 30.4. The molecule has 0 unspecified atom stereocenters. The van der Waals surface area contributed by atoms with Crippen molar-refractivity contribution in [2.24, 2.45) is 10.8 Å². The Balaban J connectivity index is 1.50. The minimum Gasteiger partial charge on any atom is -0.461 e. The fraction of sp³-hybridized carbons (Fsp3) is 0.524. The number of Topliss-reactive ketones (excluding diaryl/α,β-unsaturated/α-hetero) is 1. The van der Waals surface area contributed by atoms with Crippen molar-refractivity contribution in [1.29, 1.82) is 0 Å². The molecule has 1 heterocycles. The van der Waals surface area contributed by atoms with Gasteiger partial charge >= 0.3 is 5.97 Å². The Hall–Kier alpha value is -3.36. The molecule has 7 nitrogen and oxygen atoms in total. The molecule has 0 bridgehead atoms. The third-order valence-electron chi connectivity index (χ3n) is 10.3. The van der Waals surface area contributed by atoms with E-state index in [4.69, 9.17) is 14.6 Å². The molecule has 7 heteroatoms. The summed E-state index contributed by atoms with van der Waals surface area (Å²) in [6, 6.07) is 0. The van der Waals surface area contributed by atoms with Crippen molar-refractivity contribution < 1.29 is 34.4 Å². The summed E-state index contributed by atoms with van der Waals surface area (Å²) < 4.78 is 11.5. The largest absolute Gasteiger partial charge is 0.461 e. The molecule has 3 aliphatic rings. The number of hydrogen-bond acceptors (Lipinski definition) is 7. The number of esters is 1. The van der Waals surface area contributed by atoms with Gasteiger partial charge in [-0.05, 0) is 75.0 Å². The van der Waals surface area contributed by atoms with E-state index in [1.165, 1.54) is 0 Å². The van der Waals surface area contributed by atoms with Crippen LogP contribution < -0.4 is 0 Å². The van der Waals surface area contributed by atoms with E-state index >= 15 is 0 Å². The lowest BCUT2D eigenvalue weighted by Crippen LogP contribution is -2.48. The van der Waals surface area contributed by atoms with Gasteiger partial charge in [-0.1, -0.05) is 118 Å². The van der Waals surface area contributed by atoms with Crippen molar-refractivity contribution in [1.82, 2.24) is 0 Å². The van der Waals surface area contributed by atoms with Gasteiger partial charge in [-0.25, -0.2) is 4.79 Å². The van der Waals surface area contributed by atoms with Gasteiger partial charge in [-0.15, -0.1) is 0 Å². The topological polar surface area (TPSA) is 117 Å². The summed E-state index contributed by atoms with van der Waals surface area (Å²) in [5.74, 6) is -0.618. The lowest BCUT2D eigenvalue weighted by Gasteiger charge is -2.46. The monoisotopic (exact) mass is 674 g/mol. The van der Waals surface area contributed by atoms with Crippen LogP contribution in [-0.2, 0) is 19.1 Å². The van der Waals surface area contributed by atoms with E-state index < -0.39 is 41.6 Å². The summed E-state index contributed by atoms with van der Waals surface area (Å²) in [6.07, 6.45) is 24.8. The number of rotatable bonds is 13. The summed E-state index contributed by atoms with van der Waals surface area (Å²) in [5.41, 5.74) is 1.66. The molecule has 1 aliphatic heterocycles. The SMILES string of the molecule is C=C(/C=C/C=C/C(C)=C/C=C/C(C)=C/C=C1C(C)(C)C[C@H](OC(=O)CO)C[C@@]1(C)O)/C=C/C=C(\C)C(=O)C[C@@]12O[C@]1(C)C[C@@H](O)CC2(C)C. The second kappa shape index (κ2) is 15.7. The summed E-state index contributed by atoms with van der Waals surface area (Å²) in [7, 11) is 0. The quantitative estimate of drug-likeness (QED) is 0.0795. The van der Waals surface area contributed by atoms with Crippen LogP contribution in [0.25, 0.3) is 0 Å². The van der Waals surface area contributed by atoms with Gasteiger partial charge in [0.2, 0.25) is 0 Å². The number of aliphatic hydroxyl groups excluding tert-OH is 2. The van der Waals surface area contributed by atoms with Crippen LogP contribution in [-0.4, -0.2) is 62.7 Å². The fourth-order valence-electron chi connectivity index (χ4n) is 7.80. The smallest absolute Gasteiger partial charge is 0.332 e. The second-order valence-corrected chi connectivity index (χ2v) is 15.8. The molecule has 0 radical (unpaired) electrons. The molecule has 2 aliphatic carbocycles. The fourth-order valence-corrected chi connectivity index (χ4v) is 7.80. The molecule has 3 N–H and O–H groups in total. The van der Waals surface area contributed by atoms with Gasteiger partial charge in [-0.2, -0.15) is 0 Å². The molecule has 268 valence electrons. The van der Waals surface area contributed by atoms with Crippen LogP contribution in [0.3, 0.4) is 0 Å². The van der Waals surface area contributed by atoms with E-state index in [1.54, 1.807) is 6.92 Å². The highest BCUT2D eigenvalue weighted by Gasteiger charge is 2.76. The highest BCUT2D eigenvalue weighted by atomic mass is 16.6. The van der Waals surface area contributed by atoms with E-state index in [1.807, 2.05) is 114 Å². The molecule has 0 aromatic rings. The summed E-state index contributed by atoms with van der Waals surface area (Å²) >= 11 is 0. The van der Waals surface area contributed by atoms with Gasteiger partial charge in [-0.3, -0.25) is 4.79 Å². The number of ether oxygens (including phenoxy) is 2. The van der Waals surface area contributed by atoms with Crippen LogP contribution in [0.5, 0.6) is 0 Å². The molecule has 3 rings (SSSR count). The first kappa shape index (κ1) is 40.1. The van der Waals surface area contributed by atoms with Crippen LogP contribution in [0.1, 0.15) is 94.4 Å². The van der Waals surface area contributed by atoms with Gasteiger partial charge in [0.25, 0.3) is 0 Å². The number of allylic oxidation sites excluding steroid dienone is 16. The molecule has 0 aromatic carbocycles. The van der Waals surface area contributed by atoms with E-state index in [-0.39, 0.29) is 23.0 Å². The zero-order chi connectivity index (χ0) is 36.8. The predicted molar refractivity (Wildman–Crippen MR) is 197 cm³/mol. The van der Waals surface area contributed by atoms with Crippen molar-refractivity contribution in [3.05, 3.63) is 107 Å². The number of aliphatic hydroxyl groups is 3. The first-order valence-corrected chi connectivity index (χ1v) is 17.2. The molecule has 49 heavy (non-hydrogen) atoms. The van der Waals surface area contributed by atoms with Crippen LogP contribution in [0.2, 0.25) is 0 Å². The molecule has 3 fully saturated rings. The molecule has 5 atom stereocenters. The highest BCUT2D eigenvalue weighted by molar-refractivity contribution is 5.96. The van der Waals surface area contributed by atoms with Gasteiger partial charge in [0.15, 0.2) is 5.78 Å². The van der Waals surface area contributed by atoms with Crippen molar-refractivity contribution in [2.75, 3.05) is 6.61 Å². The van der Waals surface area contributed by atoms with E-state index in [2.05, 4.69) is 20.4 Å². The minimum absolute atomic E-state index is 0.0569. The molecule has 0 spiro atoms. The number of fused-ring (bicyclic) bond motifs is 1. The standard InChI is InChI=1S/C42H58O7/c1-29(17-13-18-31(3)21-22-36-38(5,6)25-34(26-40(36,9)47)48-37(46)28-43)15-11-12-16-30(2)19-14-20-32(4)35(45)27-42-39(7,8)23-33(44)24-41(42,10)49-42/h11-22,33-34,43-44,47H,2,23-28H2,1,3-10H3/b15-11+,16-12+,18-13+,19-14+,29-17+,31-21+,32-20+,36-22?/t33-,34-,40+,41+,42-/m0/s1. The van der Waals surface area contributed by atoms with Crippen LogP contribution in [0.15, 0.2) is 107 Å². The summed E-state index contributed by atoms with van der Waals surface area (Å²) in [4.78, 5) is 24.6. The maximum absolute atomic E-state index is 13.1. The van der Waals surface area contributed by atoms with Crippen LogP contribution in [0, 0.1) is 10.8 Å². The number of hydrogen-bond donors (Lipinski definition) is 3. The molecule has 1 saturated heterocycles. The van der Waals surface area contributed by atoms with Gasteiger partial charge < -0.3 is 24.8 Å². The number of ketones is 1. The highest BCUT2D eigenvalue weighted by Crippen LogP contribution is 2.67. The Morgan fingerprint density at radius 2 is 1.45 bits per heavy atom. The van der Waals surface area contributed by atoms with Crippen molar-refractivity contribution in [3.8, 4) is 0 Å². The van der Waals surface area contributed by atoms with Crippen LogP contribution >= 0.6 is 0 Å². The third kappa shape index (κ3) is 10.1. The van der Waals surface area contributed by atoms with Gasteiger partial charge in [0.1, 0.15) is 18.3 Å². The molecular formula is C42H58O7. The first-order valence-electron chi connectivity index (χ1n) is 17.2. The van der Waals surface area contributed by atoms with Gasteiger partial charge in [0, 0.05) is 19.3 Å². The maximum Gasteiger partial charge on any atom is 0.332 e. The van der Waals surface area contributed by atoms with Crippen molar-refractivity contribution in [3.63, 3.8) is 0 Å². The molecule has 0 aromatic heterocycles.